The lowest BCUT2D eigenvalue weighted by atomic mass is 9.94. The van der Waals surface area contributed by atoms with Crippen LogP contribution in [-0.2, 0) is 17.8 Å². The maximum Gasteiger partial charge on any atom is 0.205 e. The zero-order valence-corrected chi connectivity index (χ0v) is 14.2. The molecule has 24 heavy (non-hydrogen) atoms. The molecular formula is C21H22O3. The van der Waals surface area contributed by atoms with Crippen LogP contribution in [-0.4, -0.2) is 11.9 Å². The first-order chi connectivity index (χ1) is 11.6. The second-order valence-corrected chi connectivity index (χ2v) is 6.86. The number of rotatable bonds is 3. The van der Waals surface area contributed by atoms with Crippen molar-refractivity contribution in [2.45, 2.75) is 45.8 Å². The van der Waals surface area contributed by atoms with E-state index < -0.39 is 0 Å². The van der Waals surface area contributed by atoms with Crippen LogP contribution < -0.4 is 0 Å². The third kappa shape index (κ3) is 2.53. The molecule has 0 fully saturated rings. The molecule has 3 heteroatoms. The molecule has 2 aromatic rings. The van der Waals surface area contributed by atoms with Crippen molar-refractivity contribution < 1.29 is 13.9 Å². The minimum absolute atomic E-state index is 0.0999. The third-order valence-corrected chi connectivity index (χ3v) is 5.38. The van der Waals surface area contributed by atoms with Gasteiger partial charge in [0.2, 0.25) is 5.78 Å². The summed E-state index contributed by atoms with van der Waals surface area (Å²) in [6, 6.07) is 10.3. The molecule has 2 aliphatic rings. The summed E-state index contributed by atoms with van der Waals surface area (Å²) in [5.74, 6) is 0.570. The number of carbonyl (C=O) groups excluding carboxylic acids is 1. The first kappa shape index (κ1) is 15.4. The summed E-state index contributed by atoms with van der Waals surface area (Å²) in [6.45, 7) is 4.63. The van der Waals surface area contributed by atoms with E-state index >= 15 is 0 Å². The number of Topliss-reactive ketones (excluding diaryl/α,β-unsaturated/α-hetero) is 1. The van der Waals surface area contributed by atoms with Crippen LogP contribution in [0.3, 0.4) is 0 Å². The number of benzene rings is 1. The molecule has 0 spiro atoms. The van der Waals surface area contributed by atoms with Crippen LogP contribution in [0.25, 0.3) is 0 Å². The SMILES string of the molecule is Cc1coc2c1CC1=C(CCC1OCc1ccccc1)C(C)C2=O. The molecule has 0 aliphatic heterocycles. The van der Waals surface area contributed by atoms with Crippen LogP contribution in [0.1, 0.15) is 47.0 Å². The van der Waals surface area contributed by atoms with Crippen molar-refractivity contribution in [3.63, 3.8) is 0 Å². The summed E-state index contributed by atoms with van der Waals surface area (Å²) in [4.78, 5) is 12.7. The standard InChI is InChI=1S/C21H22O3/c1-13-11-24-21-17(13)10-18-16(14(2)20(21)22)8-9-19(18)23-12-15-6-4-3-5-7-15/h3-7,11,14,19H,8-10,12H2,1-2H3. The highest BCUT2D eigenvalue weighted by molar-refractivity contribution is 5.99. The van der Waals surface area contributed by atoms with Gasteiger partial charge in [-0.25, -0.2) is 0 Å². The van der Waals surface area contributed by atoms with Gasteiger partial charge in [0.25, 0.3) is 0 Å². The first-order valence-corrected chi connectivity index (χ1v) is 8.63. The molecular weight excluding hydrogens is 300 g/mol. The molecule has 2 atom stereocenters. The topological polar surface area (TPSA) is 39.4 Å². The van der Waals surface area contributed by atoms with E-state index in [1.807, 2.05) is 32.0 Å². The van der Waals surface area contributed by atoms with Crippen LogP contribution in [0.4, 0.5) is 0 Å². The summed E-state index contributed by atoms with van der Waals surface area (Å²) in [7, 11) is 0. The summed E-state index contributed by atoms with van der Waals surface area (Å²) in [6.07, 6.45) is 4.51. The molecule has 1 aromatic carbocycles. The van der Waals surface area contributed by atoms with E-state index in [9.17, 15) is 4.79 Å². The molecule has 2 unspecified atom stereocenters. The second-order valence-electron chi connectivity index (χ2n) is 6.86. The minimum Gasteiger partial charge on any atom is -0.461 e. The number of hydrogen-bond acceptors (Lipinski definition) is 3. The normalized spacial score (nSPS) is 23.2. The molecule has 1 aromatic heterocycles. The Labute approximate surface area is 142 Å². The van der Waals surface area contributed by atoms with Crippen molar-refractivity contribution in [2.75, 3.05) is 0 Å². The Morgan fingerprint density at radius 2 is 2.00 bits per heavy atom. The Bertz CT molecular complexity index is 798. The van der Waals surface area contributed by atoms with Crippen LogP contribution in [0.5, 0.6) is 0 Å². The van der Waals surface area contributed by atoms with Crippen LogP contribution in [0, 0.1) is 12.8 Å². The van der Waals surface area contributed by atoms with Gasteiger partial charge in [-0.2, -0.15) is 0 Å². The smallest absolute Gasteiger partial charge is 0.205 e. The average Bonchev–Trinajstić information content (AvgIpc) is 3.14. The number of allylic oxidation sites excluding steroid dienone is 1. The molecule has 0 bridgehead atoms. The number of ether oxygens (including phenoxy) is 1. The van der Waals surface area contributed by atoms with Crippen LogP contribution >= 0.6 is 0 Å². The molecule has 1 heterocycles. The Balaban J connectivity index is 1.61. The molecule has 0 radical (unpaired) electrons. The summed E-state index contributed by atoms with van der Waals surface area (Å²) in [5, 5.41) is 0. The fourth-order valence-electron chi connectivity index (χ4n) is 3.95. The van der Waals surface area contributed by atoms with E-state index in [1.54, 1.807) is 6.26 Å². The van der Waals surface area contributed by atoms with Crippen molar-refractivity contribution in [3.05, 3.63) is 70.2 Å². The molecule has 0 saturated heterocycles. The minimum atomic E-state index is -0.0999. The summed E-state index contributed by atoms with van der Waals surface area (Å²) >= 11 is 0. The number of hydrogen-bond donors (Lipinski definition) is 0. The van der Waals surface area contributed by atoms with Gasteiger partial charge in [0.15, 0.2) is 5.76 Å². The monoisotopic (exact) mass is 322 g/mol. The number of ketones is 1. The van der Waals surface area contributed by atoms with Crippen molar-refractivity contribution in [1.82, 2.24) is 0 Å². The maximum absolute atomic E-state index is 12.7. The Morgan fingerprint density at radius 1 is 1.21 bits per heavy atom. The fraction of sp³-hybridized carbons (Fsp3) is 0.381. The highest BCUT2D eigenvalue weighted by Crippen LogP contribution is 2.41. The van der Waals surface area contributed by atoms with E-state index in [0.29, 0.717) is 12.4 Å². The Kier molecular flexibility index (Phi) is 3.89. The van der Waals surface area contributed by atoms with E-state index in [0.717, 1.165) is 30.4 Å². The number of carbonyl (C=O) groups is 1. The van der Waals surface area contributed by atoms with E-state index in [2.05, 4.69) is 12.1 Å². The zero-order chi connectivity index (χ0) is 16.7. The fourth-order valence-corrected chi connectivity index (χ4v) is 3.95. The van der Waals surface area contributed by atoms with E-state index in [1.165, 1.54) is 16.7 Å². The number of furan rings is 1. The van der Waals surface area contributed by atoms with Gasteiger partial charge in [0.05, 0.1) is 19.0 Å². The van der Waals surface area contributed by atoms with Gasteiger partial charge in [-0.05, 0) is 36.5 Å². The molecule has 3 nitrogen and oxygen atoms in total. The average molecular weight is 322 g/mol. The molecule has 0 N–H and O–H groups in total. The Hall–Kier alpha value is -2.13. The van der Waals surface area contributed by atoms with Crippen molar-refractivity contribution in [1.29, 1.82) is 0 Å². The highest BCUT2D eigenvalue weighted by Gasteiger charge is 2.37. The second kappa shape index (κ2) is 6.06. The zero-order valence-electron chi connectivity index (χ0n) is 14.2. The predicted molar refractivity (Wildman–Crippen MR) is 91.9 cm³/mol. The summed E-state index contributed by atoms with van der Waals surface area (Å²) < 4.78 is 11.8. The highest BCUT2D eigenvalue weighted by atomic mass is 16.5. The van der Waals surface area contributed by atoms with E-state index in [4.69, 9.17) is 9.15 Å². The van der Waals surface area contributed by atoms with Crippen molar-refractivity contribution in [3.8, 4) is 0 Å². The quantitative estimate of drug-likeness (QED) is 0.773. The van der Waals surface area contributed by atoms with Gasteiger partial charge in [-0.15, -0.1) is 0 Å². The first-order valence-electron chi connectivity index (χ1n) is 8.63. The van der Waals surface area contributed by atoms with Crippen LogP contribution in [0.15, 0.2) is 52.2 Å². The summed E-state index contributed by atoms with van der Waals surface area (Å²) in [5.41, 5.74) is 5.86. The Morgan fingerprint density at radius 3 is 2.79 bits per heavy atom. The van der Waals surface area contributed by atoms with Crippen molar-refractivity contribution >= 4 is 5.78 Å². The lowest BCUT2D eigenvalue weighted by Gasteiger charge is -2.17. The maximum atomic E-state index is 12.7. The molecule has 2 aliphatic carbocycles. The van der Waals surface area contributed by atoms with Gasteiger partial charge in [0.1, 0.15) is 0 Å². The van der Waals surface area contributed by atoms with Gasteiger partial charge < -0.3 is 9.15 Å². The number of fused-ring (bicyclic) bond motifs is 1. The van der Waals surface area contributed by atoms with Crippen LogP contribution in [0.2, 0.25) is 0 Å². The van der Waals surface area contributed by atoms with Crippen molar-refractivity contribution in [2.24, 2.45) is 5.92 Å². The van der Waals surface area contributed by atoms with Gasteiger partial charge >= 0.3 is 0 Å². The molecule has 124 valence electrons. The van der Waals surface area contributed by atoms with Gasteiger partial charge in [0, 0.05) is 17.9 Å². The molecule has 0 amide bonds. The third-order valence-electron chi connectivity index (χ3n) is 5.38. The largest absolute Gasteiger partial charge is 0.461 e. The predicted octanol–water partition coefficient (Wildman–Crippen LogP) is 4.64. The van der Waals surface area contributed by atoms with Gasteiger partial charge in [-0.1, -0.05) is 42.8 Å². The lowest BCUT2D eigenvalue weighted by molar-refractivity contribution is 0.0638. The number of aryl methyl sites for hydroxylation is 1. The molecule has 4 rings (SSSR count). The van der Waals surface area contributed by atoms with Gasteiger partial charge in [-0.3, -0.25) is 4.79 Å². The van der Waals surface area contributed by atoms with E-state index in [-0.39, 0.29) is 17.8 Å². The molecule has 0 saturated carbocycles. The lowest BCUT2D eigenvalue weighted by Crippen LogP contribution is -2.14.